The minimum atomic E-state index is -3.91. The van der Waals surface area contributed by atoms with E-state index >= 15 is 0 Å². The van der Waals surface area contributed by atoms with E-state index in [1.54, 1.807) is 0 Å². The Morgan fingerprint density at radius 2 is 1.71 bits per heavy atom. The highest BCUT2D eigenvalue weighted by atomic mass is 32.2. The normalized spacial score (nSPS) is 11.9. The number of aromatic nitrogens is 1. The third kappa shape index (κ3) is 5.66. The second-order valence-electron chi connectivity index (χ2n) is 7.82. The maximum atomic E-state index is 13.2. The Morgan fingerprint density at radius 1 is 1.06 bits per heavy atom. The largest absolute Gasteiger partial charge is 0.309 e. The predicted molar refractivity (Wildman–Crippen MR) is 123 cm³/mol. The fourth-order valence-corrected chi connectivity index (χ4v) is 5.41. The Balaban J connectivity index is 1.90. The fourth-order valence-electron chi connectivity index (χ4n) is 3.12. The van der Waals surface area contributed by atoms with Gasteiger partial charge in [0.05, 0.1) is 15.1 Å². The van der Waals surface area contributed by atoms with Crippen LogP contribution < -0.4 is 4.90 Å². The Kier molecular flexibility index (Phi) is 7.08. The number of anilines is 1. The Hall–Kier alpha value is -2.36. The second kappa shape index (κ2) is 9.42. The summed E-state index contributed by atoms with van der Waals surface area (Å²) in [4.78, 5) is 21.1. The smallest absolute Gasteiger partial charge is 0.244 e. The van der Waals surface area contributed by atoms with Gasteiger partial charge in [0.25, 0.3) is 0 Å². The monoisotopic (exact) mass is 463 g/mol. The van der Waals surface area contributed by atoms with Crippen molar-refractivity contribution in [2.24, 2.45) is 0 Å². The average Bonchev–Trinajstić information content (AvgIpc) is 3.07. The molecule has 0 bridgehead atoms. The summed E-state index contributed by atoms with van der Waals surface area (Å²) >= 11 is 1.38. The van der Waals surface area contributed by atoms with Crippen molar-refractivity contribution in [1.82, 2.24) is 9.88 Å². The number of fused-ring (bicyclic) bond motifs is 1. The molecule has 3 rings (SSSR count). The molecule has 0 unspecified atom stereocenters. The molecule has 1 aromatic heterocycles. The van der Waals surface area contributed by atoms with Crippen molar-refractivity contribution in [3.8, 4) is 0 Å². The van der Waals surface area contributed by atoms with Gasteiger partial charge in [0, 0.05) is 6.54 Å². The van der Waals surface area contributed by atoms with Gasteiger partial charge in [-0.15, -0.1) is 0 Å². The number of benzene rings is 2. The molecule has 3 aromatic rings. The highest BCUT2D eigenvalue weighted by Crippen LogP contribution is 2.31. The third-order valence-electron chi connectivity index (χ3n) is 5.00. The molecule has 166 valence electrons. The zero-order chi connectivity index (χ0) is 22.8. The Bertz CT molecular complexity index is 1150. The fraction of sp³-hybridized carbons (Fsp3) is 0.364. The number of carbonyl (C=O) groups is 1. The van der Waals surface area contributed by atoms with Gasteiger partial charge < -0.3 is 4.90 Å². The number of aryl methyl sites for hydroxylation is 2. The number of amides is 1. The van der Waals surface area contributed by atoms with Crippen LogP contribution in [0.3, 0.4) is 0 Å². The van der Waals surface area contributed by atoms with Crippen molar-refractivity contribution in [2.75, 3.05) is 37.8 Å². The zero-order valence-corrected chi connectivity index (χ0v) is 19.7. The molecule has 0 fully saturated rings. The van der Waals surface area contributed by atoms with Gasteiger partial charge in [0.1, 0.15) is 11.6 Å². The molecule has 0 aliphatic heterocycles. The number of sulfone groups is 1. The van der Waals surface area contributed by atoms with E-state index < -0.39 is 27.3 Å². The molecule has 0 aliphatic carbocycles. The van der Waals surface area contributed by atoms with Crippen molar-refractivity contribution in [3.63, 3.8) is 0 Å². The van der Waals surface area contributed by atoms with E-state index in [4.69, 9.17) is 0 Å². The molecule has 2 aromatic carbocycles. The average molecular weight is 464 g/mol. The maximum Gasteiger partial charge on any atom is 0.244 e. The van der Waals surface area contributed by atoms with Gasteiger partial charge in [-0.2, -0.15) is 0 Å². The highest BCUT2D eigenvalue weighted by Gasteiger charge is 2.26. The molecule has 1 amide bonds. The Morgan fingerprint density at radius 3 is 2.35 bits per heavy atom. The molecule has 0 N–H and O–H groups in total. The van der Waals surface area contributed by atoms with Crippen LogP contribution >= 0.6 is 11.3 Å². The molecule has 1 heterocycles. The van der Waals surface area contributed by atoms with Crippen LogP contribution in [0.4, 0.5) is 9.52 Å². The van der Waals surface area contributed by atoms with Crippen LogP contribution in [0.1, 0.15) is 17.5 Å². The molecule has 9 heteroatoms. The number of hydrogen-bond acceptors (Lipinski definition) is 6. The van der Waals surface area contributed by atoms with E-state index in [9.17, 15) is 17.6 Å². The quantitative estimate of drug-likeness (QED) is 0.475. The van der Waals surface area contributed by atoms with Crippen LogP contribution in [-0.2, 0) is 14.6 Å². The van der Waals surface area contributed by atoms with Crippen molar-refractivity contribution in [3.05, 3.63) is 53.3 Å². The molecule has 31 heavy (non-hydrogen) atoms. The number of carbonyl (C=O) groups excluding carboxylic acids is 1. The summed E-state index contributed by atoms with van der Waals surface area (Å²) < 4.78 is 39.6. The lowest BCUT2D eigenvalue weighted by Gasteiger charge is -2.21. The maximum absolute atomic E-state index is 13.2. The van der Waals surface area contributed by atoms with Crippen LogP contribution in [0.5, 0.6) is 0 Å². The van der Waals surface area contributed by atoms with Gasteiger partial charge in [-0.3, -0.25) is 9.69 Å². The first kappa shape index (κ1) is 23.3. The summed E-state index contributed by atoms with van der Waals surface area (Å²) in [6.07, 6.45) is 0.670. The molecule has 0 saturated heterocycles. The van der Waals surface area contributed by atoms with E-state index in [2.05, 4.69) is 4.98 Å². The van der Waals surface area contributed by atoms with Crippen molar-refractivity contribution < 1.29 is 17.6 Å². The lowest BCUT2D eigenvalue weighted by atomic mass is 10.1. The molecular formula is C22H26FN3O3S2. The Labute approximate surface area is 186 Å². The number of halogens is 1. The standard InChI is InChI=1S/C22H26FN3O3S2/c1-15-12-19-20(13-16(15)2)30-22(24-19)26(11-5-10-25(3)4)21(27)14-31(28,29)18-8-6-17(23)7-9-18/h6-9,12-13H,5,10-11,14H2,1-4H3. The molecule has 0 saturated carbocycles. The lowest BCUT2D eigenvalue weighted by Crippen LogP contribution is -2.37. The summed E-state index contributed by atoms with van der Waals surface area (Å²) in [5.74, 6) is -1.78. The zero-order valence-electron chi connectivity index (χ0n) is 18.1. The van der Waals surface area contributed by atoms with Crippen LogP contribution in [0, 0.1) is 19.7 Å². The molecular weight excluding hydrogens is 437 g/mol. The second-order valence-corrected chi connectivity index (χ2v) is 10.8. The summed E-state index contributed by atoms with van der Waals surface area (Å²) in [5, 5.41) is 0.484. The first-order valence-electron chi connectivity index (χ1n) is 9.88. The van der Waals surface area contributed by atoms with Crippen LogP contribution in [-0.4, -0.2) is 57.1 Å². The van der Waals surface area contributed by atoms with Gasteiger partial charge in [0.2, 0.25) is 5.91 Å². The van der Waals surface area contributed by atoms with Crippen LogP contribution in [0.25, 0.3) is 10.2 Å². The van der Waals surface area contributed by atoms with Crippen molar-refractivity contribution in [2.45, 2.75) is 25.2 Å². The molecule has 6 nitrogen and oxygen atoms in total. The number of hydrogen-bond donors (Lipinski definition) is 0. The van der Waals surface area contributed by atoms with Crippen LogP contribution in [0.2, 0.25) is 0 Å². The number of rotatable bonds is 8. The molecule has 0 radical (unpaired) electrons. The third-order valence-corrected chi connectivity index (χ3v) is 7.66. The van der Waals surface area contributed by atoms with Gasteiger partial charge in [-0.1, -0.05) is 11.3 Å². The van der Waals surface area contributed by atoms with E-state index in [0.29, 0.717) is 18.1 Å². The van der Waals surface area contributed by atoms with E-state index in [0.717, 1.165) is 40.0 Å². The molecule has 0 atom stereocenters. The predicted octanol–water partition coefficient (Wildman–Crippen LogP) is 3.81. The van der Waals surface area contributed by atoms with Gasteiger partial charge in [0.15, 0.2) is 15.0 Å². The topological polar surface area (TPSA) is 70.6 Å². The van der Waals surface area contributed by atoms with E-state index in [1.807, 2.05) is 45.0 Å². The minimum Gasteiger partial charge on any atom is -0.309 e. The van der Waals surface area contributed by atoms with Gasteiger partial charge in [-0.25, -0.2) is 17.8 Å². The minimum absolute atomic E-state index is 0.0777. The van der Waals surface area contributed by atoms with Gasteiger partial charge in [-0.05, 0) is 88.4 Å². The number of nitrogens with zero attached hydrogens (tertiary/aromatic N) is 3. The first-order valence-corrected chi connectivity index (χ1v) is 12.3. The van der Waals surface area contributed by atoms with E-state index in [1.165, 1.54) is 28.4 Å². The summed E-state index contributed by atoms with van der Waals surface area (Å²) in [6, 6.07) is 8.51. The number of thiazole rings is 1. The van der Waals surface area contributed by atoms with E-state index in [-0.39, 0.29) is 4.90 Å². The summed E-state index contributed by atoms with van der Waals surface area (Å²) in [5.41, 5.74) is 3.02. The van der Waals surface area contributed by atoms with Gasteiger partial charge >= 0.3 is 0 Å². The SMILES string of the molecule is Cc1cc2nc(N(CCCN(C)C)C(=O)CS(=O)(=O)c3ccc(F)cc3)sc2cc1C. The van der Waals surface area contributed by atoms with Crippen molar-refractivity contribution in [1.29, 1.82) is 0 Å². The van der Waals surface area contributed by atoms with Crippen molar-refractivity contribution >= 4 is 42.4 Å². The lowest BCUT2D eigenvalue weighted by molar-refractivity contribution is -0.116. The summed E-state index contributed by atoms with van der Waals surface area (Å²) in [6.45, 7) is 5.12. The molecule has 0 aliphatic rings. The van der Waals surface area contributed by atoms with Crippen LogP contribution in [0.15, 0.2) is 41.3 Å². The highest BCUT2D eigenvalue weighted by molar-refractivity contribution is 7.92. The molecule has 0 spiro atoms. The first-order chi connectivity index (χ1) is 14.6. The summed E-state index contributed by atoms with van der Waals surface area (Å²) in [7, 11) is -0.0278.